The highest BCUT2D eigenvalue weighted by Crippen LogP contribution is 2.25. The zero-order chi connectivity index (χ0) is 23.3. The number of nitrogens with zero attached hydrogens (tertiary/aromatic N) is 1. The van der Waals surface area contributed by atoms with E-state index < -0.39 is 0 Å². The summed E-state index contributed by atoms with van der Waals surface area (Å²) in [6.45, 7) is 3.87. The SMILES string of the molecule is CCCCOc1ccc(C(=O)N(Cc2cccc3[nH]ccc23)Cc2cccc3[nH]ccc23)cc1. The topological polar surface area (TPSA) is 61.1 Å². The van der Waals surface area contributed by atoms with Crippen molar-refractivity contribution in [2.45, 2.75) is 32.9 Å². The molecule has 0 spiro atoms. The predicted molar refractivity (Wildman–Crippen MR) is 137 cm³/mol. The number of ether oxygens (including phenoxy) is 1. The van der Waals surface area contributed by atoms with Crippen LogP contribution < -0.4 is 4.74 Å². The normalized spacial score (nSPS) is 11.2. The first-order valence-electron chi connectivity index (χ1n) is 11.8. The number of carbonyl (C=O) groups excluding carboxylic acids is 1. The molecule has 2 heterocycles. The molecule has 0 aliphatic rings. The highest BCUT2D eigenvalue weighted by atomic mass is 16.5. The smallest absolute Gasteiger partial charge is 0.254 e. The maximum Gasteiger partial charge on any atom is 0.254 e. The fraction of sp³-hybridized carbons (Fsp3) is 0.207. The van der Waals surface area contributed by atoms with Crippen LogP contribution in [0.5, 0.6) is 5.75 Å². The zero-order valence-corrected chi connectivity index (χ0v) is 19.4. The average molecular weight is 452 g/mol. The molecule has 5 nitrogen and oxygen atoms in total. The lowest BCUT2D eigenvalue weighted by Crippen LogP contribution is -2.30. The number of H-pyrrole nitrogens is 2. The third-order valence-corrected chi connectivity index (χ3v) is 6.25. The molecular weight excluding hydrogens is 422 g/mol. The molecule has 0 aliphatic carbocycles. The molecule has 2 N–H and O–H groups in total. The van der Waals surface area contributed by atoms with Crippen molar-refractivity contribution in [1.82, 2.24) is 14.9 Å². The second-order valence-electron chi connectivity index (χ2n) is 8.60. The monoisotopic (exact) mass is 451 g/mol. The zero-order valence-electron chi connectivity index (χ0n) is 19.4. The lowest BCUT2D eigenvalue weighted by molar-refractivity contribution is 0.0731. The van der Waals surface area contributed by atoms with Crippen molar-refractivity contribution in [2.75, 3.05) is 6.61 Å². The maximum atomic E-state index is 13.7. The highest BCUT2D eigenvalue weighted by molar-refractivity contribution is 5.95. The Morgan fingerprint density at radius 2 is 1.38 bits per heavy atom. The molecule has 0 aliphatic heterocycles. The number of aromatic nitrogens is 2. The van der Waals surface area contributed by atoms with E-state index in [1.807, 2.05) is 53.7 Å². The molecule has 5 rings (SSSR count). The summed E-state index contributed by atoms with van der Waals surface area (Å²) in [5.74, 6) is 0.797. The molecule has 34 heavy (non-hydrogen) atoms. The molecule has 0 fully saturated rings. The molecule has 0 bridgehead atoms. The minimum atomic E-state index is 0.000172. The molecule has 1 amide bonds. The van der Waals surface area contributed by atoms with E-state index in [2.05, 4.69) is 53.3 Å². The number of hydrogen-bond acceptors (Lipinski definition) is 2. The van der Waals surface area contributed by atoms with Crippen molar-refractivity contribution in [3.63, 3.8) is 0 Å². The van der Waals surface area contributed by atoms with Gasteiger partial charge >= 0.3 is 0 Å². The van der Waals surface area contributed by atoms with E-state index in [1.54, 1.807) is 0 Å². The van der Waals surface area contributed by atoms with Crippen LogP contribution in [-0.2, 0) is 13.1 Å². The Morgan fingerprint density at radius 1 is 0.794 bits per heavy atom. The molecule has 3 aromatic carbocycles. The van der Waals surface area contributed by atoms with Crippen LogP contribution in [-0.4, -0.2) is 27.4 Å². The van der Waals surface area contributed by atoms with Crippen molar-refractivity contribution in [2.24, 2.45) is 0 Å². The molecule has 2 aromatic heterocycles. The van der Waals surface area contributed by atoms with Crippen LogP contribution in [0.3, 0.4) is 0 Å². The molecule has 0 saturated heterocycles. The summed E-state index contributed by atoms with van der Waals surface area (Å²) in [5.41, 5.74) is 5.04. The number of fused-ring (bicyclic) bond motifs is 2. The van der Waals surface area contributed by atoms with Gasteiger partial charge in [-0.1, -0.05) is 37.6 Å². The van der Waals surface area contributed by atoms with Gasteiger partial charge in [0, 0.05) is 52.9 Å². The Hall–Kier alpha value is -3.99. The lowest BCUT2D eigenvalue weighted by Gasteiger charge is -2.24. The molecule has 5 aromatic rings. The van der Waals surface area contributed by atoms with Gasteiger partial charge in [0.25, 0.3) is 5.91 Å². The van der Waals surface area contributed by atoms with Gasteiger partial charge in [0.1, 0.15) is 5.75 Å². The maximum absolute atomic E-state index is 13.7. The van der Waals surface area contributed by atoms with E-state index in [0.717, 1.165) is 51.5 Å². The van der Waals surface area contributed by atoms with E-state index in [0.29, 0.717) is 25.3 Å². The molecule has 0 atom stereocenters. The largest absolute Gasteiger partial charge is 0.494 e. The Bertz CT molecular complexity index is 1320. The van der Waals surface area contributed by atoms with E-state index in [4.69, 9.17) is 4.74 Å². The van der Waals surface area contributed by atoms with E-state index in [-0.39, 0.29) is 5.91 Å². The van der Waals surface area contributed by atoms with E-state index in [9.17, 15) is 4.79 Å². The van der Waals surface area contributed by atoms with Crippen LogP contribution in [0.2, 0.25) is 0 Å². The van der Waals surface area contributed by atoms with E-state index >= 15 is 0 Å². The molecule has 5 heteroatoms. The molecule has 0 radical (unpaired) electrons. The first kappa shape index (κ1) is 21.8. The standard InChI is InChI=1S/C29H29N3O2/c1-2-3-18-34-24-12-10-21(11-13-24)29(33)32(19-22-6-4-8-27-25(22)14-16-30-27)20-23-7-5-9-28-26(23)15-17-31-28/h4-17,30-31H,2-3,18-20H2,1H3. The van der Waals surface area contributed by atoms with Gasteiger partial charge in [0.2, 0.25) is 0 Å². The summed E-state index contributed by atoms with van der Waals surface area (Å²) < 4.78 is 5.78. The van der Waals surface area contributed by atoms with Crippen LogP contribution in [0.4, 0.5) is 0 Å². The number of unbranched alkanes of at least 4 members (excludes halogenated alkanes) is 1. The second-order valence-corrected chi connectivity index (χ2v) is 8.60. The fourth-order valence-corrected chi connectivity index (χ4v) is 4.40. The van der Waals surface area contributed by atoms with Crippen LogP contribution >= 0.6 is 0 Å². The summed E-state index contributed by atoms with van der Waals surface area (Å²) in [6, 6.07) is 24.0. The van der Waals surface area contributed by atoms with Crippen molar-refractivity contribution < 1.29 is 9.53 Å². The number of benzene rings is 3. The fourth-order valence-electron chi connectivity index (χ4n) is 4.40. The number of carbonyl (C=O) groups is 1. The minimum Gasteiger partial charge on any atom is -0.494 e. The van der Waals surface area contributed by atoms with Crippen LogP contribution in [0.1, 0.15) is 41.3 Å². The van der Waals surface area contributed by atoms with Crippen molar-refractivity contribution in [1.29, 1.82) is 0 Å². The minimum absolute atomic E-state index is 0.000172. The Balaban J connectivity index is 1.45. The van der Waals surface area contributed by atoms with E-state index in [1.165, 1.54) is 0 Å². The summed E-state index contributed by atoms with van der Waals surface area (Å²) in [5, 5.41) is 2.28. The summed E-state index contributed by atoms with van der Waals surface area (Å²) >= 11 is 0. The van der Waals surface area contributed by atoms with Gasteiger partial charge in [-0.15, -0.1) is 0 Å². The summed E-state index contributed by atoms with van der Waals surface area (Å²) in [6.07, 6.45) is 5.99. The Morgan fingerprint density at radius 3 is 1.94 bits per heavy atom. The first-order chi connectivity index (χ1) is 16.7. The number of aromatic amines is 2. The van der Waals surface area contributed by atoms with Crippen molar-refractivity contribution >= 4 is 27.7 Å². The van der Waals surface area contributed by atoms with Crippen molar-refractivity contribution in [3.05, 3.63) is 102 Å². The Kier molecular flexibility index (Phi) is 6.34. The highest BCUT2D eigenvalue weighted by Gasteiger charge is 2.19. The number of amides is 1. The van der Waals surface area contributed by atoms with Gasteiger partial charge in [-0.2, -0.15) is 0 Å². The first-order valence-corrected chi connectivity index (χ1v) is 11.8. The molecule has 0 saturated carbocycles. The van der Waals surface area contributed by atoms with Crippen molar-refractivity contribution in [3.8, 4) is 5.75 Å². The number of hydrogen-bond donors (Lipinski definition) is 2. The van der Waals surface area contributed by atoms with Crippen LogP contribution in [0.15, 0.2) is 85.2 Å². The van der Waals surface area contributed by atoms with Gasteiger partial charge in [-0.25, -0.2) is 0 Å². The van der Waals surface area contributed by atoms with Gasteiger partial charge < -0.3 is 19.6 Å². The quantitative estimate of drug-likeness (QED) is 0.246. The van der Waals surface area contributed by atoms with Gasteiger partial charge in [0.05, 0.1) is 6.61 Å². The van der Waals surface area contributed by atoms with Gasteiger partial charge in [-0.3, -0.25) is 4.79 Å². The summed E-state index contributed by atoms with van der Waals surface area (Å²) in [4.78, 5) is 22.2. The third-order valence-electron chi connectivity index (χ3n) is 6.25. The Labute approximate surface area is 199 Å². The lowest BCUT2D eigenvalue weighted by atomic mass is 10.1. The predicted octanol–water partition coefficient (Wildman–Crippen LogP) is 6.67. The number of rotatable bonds is 9. The molecular formula is C29H29N3O2. The summed E-state index contributed by atoms with van der Waals surface area (Å²) in [7, 11) is 0. The third kappa shape index (κ3) is 4.55. The second kappa shape index (κ2) is 9.87. The number of nitrogens with one attached hydrogen (secondary N) is 2. The van der Waals surface area contributed by atoms with Crippen LogP contribution in [0, 0.1) is 0 Å². The van der Waals surface area contributed by atoms with Gasteiger partial charge in [-0.05, 0) is 66.1 Å². The molecule has 0 unspecified atom stereocenters. The molecule has 172 valence electrons. The van der Waals surface area contributed by atoms with Gasteiger partial charge in [0.15, 0.2) is 0 Å². The average Bonchev–Trinajstić information content (AvgIpc) is 3.54. The van der Waals surface area contributed by atoms with Crippen LogP contribution in [0.25, 0.3) is 21.8 Å².